The predicted molar refractivity (Wildman–Crippen MR) is 75.7 cm³/mol. The fourth-order valence-electron chi connectivity index (χ4n) is 1.47. The fraction of sp³-hybridized carbons (Fsp3) is 0.500. The van der Waals surface area contributed by atoms with E-state index in [2.05, 4.69) is 0 Å². The van der Waals surface area contributed by atoms with Crippen LogP contribution in [-0.4, -0.2) is 57.0 Å². The maximum Gasteiger partial charge on any atom is 0.244 e. The highest BCUT2D eigenvalue weighted by Gasteiger charge is 2.23. The minimum Gasteiger partial charge on any atom is -0.392 e. The highest BCUT2D eigenvalue weighted by Crippen LogP contribution is 2.25. The SMILES string of the molecule is CN(C)CCN(C)S(=O)(=O)c1cc(CO)ccc1Cl. The summed E-state index contributed by atoms with van der Waals surface area (Å²) in [6.45, 7) is 0.767. The number of hydrogen-bond donors (Lipinski definition) is 1. The number of likely N-dealkylation sites (N-methyl/N-ethyl adjacent to an activating group) is 2. The number of nitrogens with zero attached hydrogens (tertiary/aromatic N) is 2. The molecule has 1 aromatic rings. The van der Waals surface area contributed by atoms with Crippen molar-refractivity contribution in [3.8, 4) is 0 Å². The molecule has 108 valence electrons. The first kappa shape index (κ1) is 16.4. The van der Waals surface area contributed by atoms with Crippen LogP contribution in [0.15, 0.2) is 23.1 Å². The van der Waals surface area contributed by atoms with Crippen molar-refractivity contribution < 1.29 is 13.5 Å². The van der Waals surface area contributed by atoms with E-state index in [-0.39, 0.29) is 16.5 Å². The minimum absolute atomic E-state index is 0.0296. The zero-order valence-electron chi connectivity index (χ0n) is 11.3. The molecule has 0 aliphatic rings. The third-order valence-corrected chi connectivity index (χ3v) is 5.07. The Hall–Kier alpha value is -0.660. The topological polar surface area (TPSA) is 60.9 Å². The van der Waals surface area contributed by atoms with Crippen molar-refractivity contribution in [3.05, 3.63) is 28.8 Å². The van der Waals surface area contributed by atoms with Crippen LogP contribution in [0.1, 0.15) is 5.56 Å². The van der Waals surface area contributed by atoms with Gasteiger partial charge in [-0.15, -0.1) is 0 Å². The van der Waals surface area contributed by atoms with Crippen LogP contribution in [0.5, 0.6) is 0 Å². The molecule has 0 saturated carbocycles. The van der Waals surface area contributed by atoms with Crippen LogP contribution in [0.25, 0.3) is 0 Å². The van der Waals surface area contributed by atoms with Crippen molar-refractivity contribution in [3.63, 3.8) is 0 Å². The second-order valence-corrected chi connectivity index (χ2v) is 6.97. The van der Waals surface area contributed by atoms with E-state index in [0.717, 1.165) is 0 Å². The number of rotatable bonds is 6. The quantitative estimate of drug-likeness (QED) is 0.852. The maximum absolute atomic E-state index is 12.4. The van der Waals surface area contributed by atoms with Gasteiger partial charge in [-0.25, -0.2) is 8.42 Å². The molecule has 0 atom stereocenters. The molecule has 0 heterocycles. The number of hydrogen-bond acceptors (Lipinski definition) is 4. The molecule has 0 spiro atoms. The lowest BCUT2D eigenvalue weighted by molar-refractivity contribution is 0.281. The number of halogens is 1. The van der Waals surface area contributed by atoms with Crippen LogP contribution in [0.4, 0.5) is 0 Å². The second-order valence-electron chi connectivity index (χ2n) is 4.55. The number of aliphatic hydroxyl groups is 1. The van der Waals surface area contributed by atoms with Gasteiger partial charge in [0.2, 0.25) is 10.0 Å². The van der Waals surface area contributed by atoms with Crippen molar-refractivity contribution in [2.75, 3.05) is 34.2 Å². The van der Waals surface area contributed by atoms with Crippen LogP contribution in [0, 0.1) is 0 Å². The van der Waals surface area contributed by atoms with Crippen LogP contribution in [0.3, 0.4) is 0 Å². The van der Waals surface area contributed by atoms with Gasteiger partial charge in [-0.05, 0) is 31.8 Å². The third-order valence-electron chi connectivity index (χ3n) is 2.73. The van der Waals surface area contributed by atoms with E-state index in [1.807, 2.05) is 19.0 Å². The molecule has 5 nitrogen and oxygen atoms in total. The average Bonchev–Trinajstić information content (AvgIpc) is 2.36. The minimum atomic E-state index is -3.63. The molecule has 0 aliphatic heterocycles. The Bertz CT molecular complexity index is 532. The Balaban J connectivity index is 3.05. The summed E-state index contributed by atoms with van der Waals surface area (Å²) in [5.41, 5.74) is 0.518. The van der Waals surface area contributed by atoms with Gasteiger partial charge < -0.3 is 10.0 Å². The number of benzene rings is 1. The zero-order valence-corrected chi connectivity index (χ0v) is 12.9. The van der Waals surface area contributed by atoms with Crippen molar-refractivity contribution in [1.29, 1.82) is 0 Å². The molecular weight excluding hydrogens is 288 g/mol. The van der Waals surface area contributed by atoms with E-state index < -0.39 is 10.0 Å². The van der Waals surface area contributed by atoms with Crippen molar-refractivity contribution >= 4 is 21.6 Å². The highest BCUT2D eigenvalue weighted by atomic mass is 35.5. The average molecular weight is 307 g/mol. The first-order valence-electron chi connectivity index (χ1n) is 5.79. The van der Waals surface area contributed by atoms with E-state index in [1.165, 1.54) is 23.5 Å². The van der Waals surface area contributed by atoms with Gasteiger partial charge in [0.15, 0.2) is 0 Å². The Morgan fingerprint density at radius 2 is 1.84 bits per heavy atom. The lowest BCUT2D eigenvalue weighted by atomic mass is 10.2. The lowest BCUT2D eigenvalue weighted by Gasteiger charge is -2.20. The van der Waals surface area contributed by atoms with Crippen LogP contribution in [-0.2, 0) is 16.6 Å². The Morgan fingerprint density at radius 1 is 1.21 bits per heavy atom. The summed E-state index contributed by atoms with van der Waals surface area (Å²) in [5, 5.41) is 9.24. The van der Waals surface area contributed by atoms with E-state index in [9.17, 15) is 8.42 Å². The molecule has 0 aliphatic carbocycles. The molecule has 1 rings (SSSR count). The maximum atomic E-state index is 12.4. The summed E-state index contributed by atoms with van der Waals surface area (Å²) < 4.78 is 26.0. The standard InChI is InChI=1S/C12H19ClN2O3S/c1-14(2)6-7-15(3)19(17,18)12-8-10(9-16)4-5-11(12)13/h4-5,8,16H,6-7,9H2,1-3H3. The van der Waals surface area contributed by atoms with Gasteiger partial charge in [0.05, 0.1) is 11.6 Å². The Labute approximate surface area is 119 Å². The highest BCUT2D eigenvalue weighted by molar-refractivity contribution is 7.89. The molecule has 1 aromatic carbocycles. The second kappa shape index (κ2) is 6.67. The first-order valence-corrected chi connectivity index (χ1v) is 7.61. The van der Waals surface area contributed by atoms with E-state index in [1.54, 1.807) is 6.07 Å². The molecule has 0 radical (unpaired) electrons. The third kappa shape index (κ3) is 4.15. The molecule has 7 heteroatoms. The summed E-state index contributed by atoms with van der Waals surface area (Å²) in [6, 6.07) is 4.49. The van der Waals surface area contributed by atoms with Crippen molar-refractivity contribution in [2.45, 2.75) is 11.5 Å². The van der Waals surface area contributed by atoms with Crippen LogP contribution in [0.2, 0.25) is 5.02 Å². The summed E-state index contributed by atoms with van der Waals surface area (Å²) in [4.78, 5) is 1.93. The van der Waals surface area contributed by atoms with Gasteiger partial charge in [-0.1, -0.05) is 17.7 Å². The van der Waals surface area contributed by atoms with E-state index >= 15 is 0 Å². The van der Waals surface area contributed by atoms with Gasteiger partial charge >= 0.3 is 0 Å². The monoisotopic (exact) mass is 306 g/mol. The zero-order chi connectivity index (χ0) is 14.6. The number of aliphatic hydroxyl groups excluding tert-OH is 1. The Morgan fingerprint density at radius 3 is 2.37 bits per heavy atom. The first-order chi connectivity index (χ1) is 8.78. The normalized spacial score (nSPS) is 12.4. The summed E-state index contributed by atoms with van der Waals surface area (Å²) >= 11 is 5.95. The van der Waals surface area contributed by atoms with Crippen molar-refractivity contribution in [2.24, 2.45) is 0 Å². The van der Waals surface area contributed by atoms with Gasteiger partial charge in [-0.2, -0.15) is 4.31 Å². The molecule has 0 aromatic heterocycles. The molecule has 0 amide bonds. The van der Waals surface area contributed by atoms with Crippen molar-refractivity contribution in [1.82, 2.24) is 9.21 Å². The van der Waals surface area contributed by atoms with Gasteiger partial charge in [-0.3, -0.25) is 0 Å². The molecule has 0 unspecified atom stereocenters. The van der Waals surface area contributed by atoms with Crippen LogP contribution < -0.4 is 0 Å². The smallest absolute Gasteiger partial charge is 0.244 e. The molecule has 19 heavy (non-hydrogen) atoms. The lowest BCUT2D eigenvalue weighted by Crippen LogP contribution is -2.33. The summed E-state index contributed by atoms with van der Waals surface area (Å²) in [5.74, 6) is 0. The molecular formula is C12H19ClN2O3S. The van der Waals surface area contributed by atoms with E-state index in [4.69, 9.17) is 16.7 Å². The molecule has 0 fully saturated rings. The number of sulfonamides is 1. The fourth-order valence-corrected chi connectivity index (χ4v) is 3.16. The summed E-state index contributed by atoms with van der Waals surface area (Å²) in [6.07, 6.45) is 0. The van der Waals surface area contributed by atoms with Gasteiger partial charge in [0.1, 0.15) is 4.90 Å². The Kier molecular flexibility index (Phi) is 5.76. The largest absolute Gasteiger partial charge is 0.392 e. The van der Waals surface area contributed by atoms with E-state index in [0.29, 0.717) is 18.7 Å². The summed E-state index contributed by atoms with van der Waals surface area (Å²) in [7, 11) is 1.63. The molecule has 0 saturated heterocycles. The molecule has 0 bridgehead atoms. The van der Waals surface area contributed by atoms with Gasteiger partial charge in [0, 0.05) is 20.1 Å². The van der Waals surface area contributed by atoms with Gasteiger partial charge in [0.25, 0.3) is 0 Å². The van der Waals surface area contributed by atoms with Crippen LogP contribution >= 0.6 is 11.6 Å². The predicted octanol–water partition coefficient (Wildman–Crippen LogP) is 1.01. The molecule has 1 N–H and O–H groups in total.